The average molecular weight is 749 g/mol. The Kier molecular flexibility index (Phi) is 7.20. The SMILES string of the molecule is C[C@H]1C(c2ccccc2)=CCC(c2cc(-n3c4ccccc4c4cc5ccccc5cc43)cc3oc4ccccc4c23)=NC1c1ccc2c(c1)sc1ccccc12. The van der Waals surface area contributed by atoms with Gasteiger partial charge < -0.3 is 8.98 Å². The summed E-state index contributed by atoms with van der Waals surface area (Å²) in [4.78, 5) is 5.88. The molecule has 0 radical (unpaired) electrons. The summed E-state index contributed by atoms with van der Waals surface area (Å²) in [5.41, 5.74) is 11.2. The molecule has 270 valence electrons. The molecule has 57 heavy (non-hydrogen) atoms. The molecular weight excluding hydrogens is 713 g/mol. The maximum absolute atomic E-state index is 6.77. The van der Waals surface area contributed by atoms with E-state index in [1.54, 1.807) is 0 Å². The van der Waals surface area contributed by atoms with E-state index >= 15 is 0 Å². The normalized spacial score (nSPS) is 16.3. The topological polar surface area (TPSA) is 30.4 Å². The molecule has 8 aromatic carbocycles. The predicted molar refractivity (Wildman–Crippen MR) is 242 cm³/mol. The molecule has 11 aromatic rings. The zero-order chi connectivity index (χ0) is 37.6. The summed E-state index contributed by atoms with van der Waals surface area (Å²) in [6.07, 6.45) is 3.14. The fourth-order valence-electron chi connectivity index (χ4n) is 9.51. The lowest BCUT2D eigenvalue weighted by atomic mass is 9.85. The number of thiophene rings is 1. The van der Waals surface area contributed by atoms with Crippen LogP contribution in [0.25, 0.3) is 85.9 Å². The highest BCUT2D eigenvalue weighted by Crippen LogP contribution is 2.44. The number of furan rings is 1. The van der Waals surface area contributed by atoms with Crippen LogP contribution in [0.2, 0.25) is 0 Å². The number of aromatic nitrogens is 1. The van der Waals surface area contributed by atoms with Crippen LogP contribution in [0.15, 0.2) is 185 Å². The van der Waals surface area contributed by atoms with Crippen LogP contribution in [0.1, 0.15) is 36.1 Å². The highest BCUT2D eigenvalue weighted by Gasteiger charge is 2.29. The lowest BCUT2D eigenvalue weighted by Crippen LogP contribution is -2.11. The highest BCUT2D eigenvalue weighted by molar-refractivity contribution is 7.25. The van der Waals surface area contributed by atoms with E-state index in [1.165, 1.54) is 69.5 Å². The predicted octanol–water partition coefficient (Wildman–Crippen LogP) is 14.9. The molecular formula is C53H36N2OS. The maximum atomic E-state index is 6.77. The number of hydrogen-bond acceptors (Lipinski definition) is 3. The average Bonchev–Trinajstić information content (AvgIpc) is 3.88. The molecule has 3 nitrogen and oxygen atoms in total. The summed E-state index contributed by atoms with van der Waals surface area (Å²) in [6, 6.07) is 61.7. The monoisotopic (exact) mass is 748 g/mol. The summed E-state index contributed by atoms with van der Waals surface area (Å²) in [5, 5.41) is 9.78. The Hall–Kier alpha value is -6.75. The van der Waals surface area contributed by atoms with E-state index in [1.807, 2.05) is 11.3 Å². The van der Waals surface area contributed by atoms with Crippen molar-refractivity contribution in [2.45, 2.75) is 19.4 Å². The Morgan fingerprint density at radius 1 is 0.579 bits per heavy atom. The fourth-order valence-corrected chi connectivity index (χ4v) is 10.7. The number of nitrogens with zero attached hydrogens (tertiary/aromatic N) is 2. The highest BCUT2D eigenvalue weighted by atomic mass is 32.1. The largest absolute Gasteiger partial charge is 0.456 e. The van der Waals surface area contributed by atoms with Crippen molar-refractivity contribution in [3.63, 3.8) is 0 Å². The van der Waals surface area contributed by atoms with Gasteiger partial charge in [-0.15, -0.1) is 11.3 Å². The Labute approximate surface area is 333 Å². The molecule has 0 N–H and O–H groups in total. The molecule has 0 aliphatic carbocycles. The number of aliphatic imine (C=N–C) groups is 1. The number of para-hydroxylation sites is 2. The number of rotatable bonds is 4. The van der Waals surface area contributed by atoms with Crippen molar-refractivity contribution in [3.8, 4) is 5.69 Å². The molecule has 0 saturated heterocycles. The van der Waals surface area contributed by atoms with Crippen molar-refractivity contribution in [1.29, 1.82) is 0 Å². The van der Waals surface area contributed by atoms with Gasteiger partial charge in [0.2, 0.25) is 0 Å². The van der Waals surface area contributed by atoms with Crippen LogP contribution in [0.3, 0.4) is 0 Å². The van der Waals surface area contributed by atoms with Crippen molar-refractivity contribution in [1.82, 2.24) is 4.57 Å². The molecule has 0 fully saturated rings. The van der Waals surface area contributed by atoms with E-state index in [2.05, 4.69) is 187 Å². The third-order valence-electron chi connectivity index (χ3n) is 12.2. The van der Waals surface area contributed by atoms with E-state index in [9.17, 15) is 0 Å². The third kappa shape index (κ3) is 5.07. The van der Waals surface area contributed by atoms with Gasteiger partial charge in [0.05, 0.1) is 22.8 Å². The van der Waals surface area contributed by atoms with Gasteiger partial charge in [0, 0.05) is 71.4 Å². The van der Waals surface area contributed by atoms with E-state index in [-0.39, 0.29) is 12.0 Å². The van der Waals surface area contributed by atoms with Crippen LogP contribution < -0.4 is 0 Å². The fraction of sp³-hybridized carbons (Fsp3) is 0.0755. The van der Waals surface area contributed by atoms with E-state index in [0.29, 0.717) is 6.42 Å². The first kappa shape index (κ1) is 32.5. The van der Waals surface area contributed by atoms with Gasteiger partial charge in [-0.1, -0.05) is 134 Å². The third-order valence-corrected chi connectivity index (χ3v) is 13.3. The van der Waals surface area contributed by atoms with Gasteiger partial charge in [0.25, 0.3) is 0 Å². The Balaban J connectivity index is 1.13. The molecule has 1 aliphatic rings. The van der Waals surface area contributed by atoms with Gasteiger partial charge in [-0.05, 0) is 69.9 Å². The van der Waals surface area contributed by atoms with Gasteiger partial charge in [-0.25, -0.2) is 0 Å². The number of benzene rings is 8. The summed E-state index contributed by atoms with van der Waals surface area (Å²) >= 11 is 1.87. The first-order valence-electron chi connectivity index (χ1n) is 19.8. The summed E-state index contributed by atoms with van der Waals surface area (Å²) in [7, 11) is 0. The molecule has 4 heterocycles. The van der Waals surface area contributed by atoms with Crippen molar-refractivity contribution in [3.05, 3.63) is 193 Å². The minimum Gasteiger partial charge on any atom is -0.456 e. The summed E-state index contributed by atoms with van der Waals surface area (Å²) in [6.45, 7) is 2.35. The first-order valence-corrected chi connectivity index (χ1v) is 20.6. The molecule has 0 amide bonds. The van der Waals surface area contributed by atoms with E-state index in [4.69, 9.17) is 9.41 Å². The van der Waals surface area contributed by atoms with Crippen LogP contribution in [0.4, 0.5) is 0 Å². The van der Waals surface area contributed by atoms with E-state index in [0.717, 1.165) is 38.9 Å². The summed E-state index contributed by atoms with van der Waals surface area (Å²) < 4.78 is 11.8. The van der Waals surface area contributed by atoms with Crippen LogP contribution in [-0.2, 0) is 0 Å². The van der Waals surface area contributed by atoms with Crippen LogP contribution in [0.5, 0.6) is 0 Å². The van der Waals surface area contributed by atoms with Crippen molar-refractivity contribution >= 4 is 97.3 Å². The van der Waals surface area contributed by atoms with Gasteiger partial charge >= 0.3 is 0 Å². The molecule has 3 aromatic heterocycles. The second-order valence-electron chi connectivity index (χ2n) is 15.4. The zero-order valence-corrected chi connectivity index (χ0v) is 32.1. The smallest absolute Gasteiger partial charge is 0.138 e. The molecule has 0 bridgehead atoms. The van der Waals surface area contributed by atoms with Gasteiger partial charge in [0.15, 0.2) is 0 Å². The first-order chi connectivity index (χ1) is 28.2. The van der Waals surface area contributed by atoms with Crippen molar-refractivity contribution in [2.75, 3.05) is 0 Å². The molecule has 1 unspecified atom stereocenters. The minimum absolute atomic E-state index is 0.0972. The van der Waals surface area contributed by atoms with Crippen LogP contribution in [-0.4, -0.2) is 10.3 Å². The van der Waals surface area contributed by atoms with Gasteiger partial charge in [0.1, 0.15) is 11.2 Å². The van der Waals surface area contributed by atoms with Gasteiger partial charge in [-0.3, -0.25) is 4.99 Å². The second kappa shape index (κ2) is 12.6. The summed E-state index contributed by atoms with van der Waals surface area (Å²) in [5.74, 6) is 0.141. The standard InChI is InChI=1S/C53H36N2OS/c1-32-38(33-13-3-2-4-14-33)25-26-45(54-53(32)36-23-24-41-40-18-9-12-22-50(40)57-51(41)29-36)44-30-37(31-49-52(44)42-19-8-11-21-48(42)56-49)55-46-20-10-7-17-39(46)43-27-34-15-5-6-16-35(34)28-47(43)55/h2-25,27-32,53H,26H2,1H3/t32-,53?/m0/s1. The molecule has 12 rings (SSSR count). The van der Waals surface area contributed by atoms with Crippen LogP contribution >= 0.6 is 11.3 Å². The van der Waals surface area contributed by atoms with Gasteiger partial charge in [-0.2, -0.15) is 0 Å². The van der Waals surface area contributed by atoms with Crippen molar-refractivity contribution in [2.24, 2.45) is 10.9 Å². The maximum Gasteiger partial charge on any atom is 0.138 e. The number of allylic oxidation sites excluding steroid dienone is 1. The second-order valence-corrected chi connectivity index (χ2v) is 16.5. The van der Waals surface area contributed by atoms with Crippen LogP contribution in [0, 0.1) is 5.92 Å². The Bertz CT molecular complexity index is 3470. The lowest BCUT2D eigenvalue weighted by molar-refractivity contribution is 0.588. The zero-order valence-electron chi connectivity index (χ0n) is 31.3. The van der Waals surface area contributed by atoms with Crippen molar-refractivity contribution < 1.29 is 4.42 Å². The molecule has 2 atom stereocenters. The Morgan fingerprint density at radius 2 is 1.30 bits per heavy atom. The lowest BCUT2D eigenvalue weighted by Gasteiger charge is -2.23. The molecule has 4 heteroatoms. The Morgan fingerprint density at radius 3 is 2.18 bits per heavy atom. The van der Waals surface area contributed by atoms with E-state index < -0.39 is 0 Å². The molecule has 1 aliphatic heterocycles. The molecule has 0 spiro atoms. The number of hydrogen-bond donors (Lipinski definition) is 0. The quantitative estimate of drug-likeness (QED) is 0.176. The molecule has 0 saturated carbocycles. The minimum atomic E-state index is -0.0972. The number of fused-ring (bicyclic) bond motifs is 10.